The van der Waals surface area contributed by atoms with Crippen molar-refractivity contribution in [2.24, 2.45) is 5.92 Å². The van der Waals surface area contributed by atoms with Gasteiger partial charge in [0.25, 0.3) is 0 Å². The van der Waals surface area contributed by atoms with E-state index in [1.54, 1.807) is 6.92 Å². The molecule has 0 saturated carbocycles. The standard InChI is InChI=1S/C15H20INO5/c1-13-9(5-8-18)10(19)17-15(13,12(21)22-13)11(20)14(16)6-3-2-4-7-14/h3,6,9,11,18,20H,2,4-5,7-8H2,1H3,(H,17,19)/t9-,11+,13-,14-,15-/m0/s1. The number of alkyl halides is 1. The van der Waals surface area contributed by atoms with E-state index in [-0.39, 0.29) is 18.9 Å². The lowest BCUT2D eigenvalue weighted by Gasteiger charge is -2.56. The molecule has 2 heterocycles. The maximum atomic E-state index is 12.3. The summed E-state index contributed by atoms with van der Waals surface area (Å²) >= 11 is 2.17. The average Bonchev–Trinajstić information content (AvgIpc) is 2.65. The van der Waals surface area contributed by atoms with Crippen LogP contribution < -0.4 is 5.32 Å². The van der Waals surface area contributed by atoms with Gasteiger partial charge in [-0.1, -0.05) is 34.7 Å². The van der Waals surface area contributed by atoms with Gasteiger partial charge in [0.15, 0.2) is 5.60 Å². The maximum absolute atomic E-state index is 12.3. The van der Waals surface area contributed by atoms with E-state index in [0.717, 1.165) is 19.3 Å². The van der Waals surface area contributed by atoms with Crippen LogP contribution in [0, 0.1) is 5.92 Å². The fourth-order valence-corrected chi connectivity index (χ4v) is 5.09. The number of rotatable bonds is 4. The van der Waals surface area contributed by atoms with Gasteiger partial charge in [-0.25, -0.2) is 4.79 Å². The number of hydrogen-bond donors (Lipinski definition) is 3. The third kappa shape index (κ3) is 1.85. The predicted molar refractivity (Wildman–Crippen MR) is 86.3 cm³/mol. The van der Waals surface area contributed by atoms with Crippen LogP contribution in [0.1, 0.15) is 32.6 Å². The molecule has 5 atom stereocenters. The lowest BCUT2D eigenvalue weighted by molar-refractivity contribution is -0.237. The van der Waals surface area contributed by atoms with Gasteiger partial charge < -0.3 is 20.3 Å². The first kappa shape index (κ1) is 16.2. The van der Waals surface area contributed by atoms with Gasteiger partial charge in [0, 0.05) is 6.61 Å². The second kappa shape index (κ2) is 5.17. The van der Waals surface area contributed by atoms with Gasteiger partial charge in [-0.15, -0.1) is 0 Å². The first-order valence-electron chi connectivity index (χ1n) is 7.53. The van der Waals surface area contributed by atoms with Crippen LogP contribution in [0.3, 0.4) is 0 Å². The molecule has 1 aliphatic carbocycles. The van der Waals surface area contributed by atoms with E-state index >= 15 is 0 Å². The van der Waals surface area contributed by atoms with E-state index in [9.17, 15) is 19.8 Å². The summed E-state index contributed by atoms with van der Waals surface area (Å²) in [6.45, 7) is 1.50. The highest BCUT2D eigenvalue weighted by Crippen LogP contribution is 2.55. The average molecular weight is 421 g/mol. The largest absolute Gasteiger partial charge is 0.453 e. The fourth-order valence-electron chi connectivity index (χ4n) is 3.99. The van der Waals surface area contributed by atoms with Gasteiger partial charge in [-0.3, -0.25) is 4.79 Å². The molecule has 0 unspecified atom stereocenters. The number of carbonyl (C=O) groups is 2. The minimum absolute atomic E-state index is 0.174. The number of carbonyl (C=O) groups excluding carboxylic acids is 2. The van der Waals surface area contributed by atoms with Crippen LogP contribution in [0.15, 0.2) is 12.2 Å². The third-order valence-electron chi connectivity index (χ3n) is 5.32. The van der Waals surface area contributed by atoms with Crippen molar-refractivity contribution in [1.82, 2.24) is 5.32 Å². The lowest BCUT2D eigenvalue weighted by atomic mass is 9.64. The number of nitrogens with one attached hydrogen (secondary N) is 1. The van der Waals surface area contributed by atoms with E-state index < -0.39 is 32.6 Å². The van der Waals surface area contributed by atoms with Crippen molar-refractivity contribution in [3.63, 3.8) is 0 Å². The molecule has 0 aromatic carbocycles. The Morgan fingerprint density at radius 2 is 2.27 bits per heavy atom. The van der Waals surface area contributed by atoms with E-state index in [4.69, 9.17) is 4.74 Å². The number of halogens is 1. The molecule has 2 aliphatic heterocycles. The molecular formula is C15H20INO5. The fraction of sp³-hybridized carbons (Fsp3) is 0.733. The Hall–Kier alpha value is -0.670. The highest BCUT2D eigenvalue weighted by Gasteiger charge is 2.80. The summed E-state index contributed by atoms with van der Waals surface area (Å²) < 4.78 is 4.71. The van der Waals surface area contributed by atoms with Crippen LogP contribution in [0.25, 0.3) is 0 Å². The van der Waals surface area contributed by atoms with Gasteiger partial charge >= 0.3 is 5.97 Å². The Labute approximate surface area is 142 Å². The number of ether oxygens (including phenoxy) is 1. The van der Waals surface area contributed by atoms with Crippen molar-refractivity contribution < 1.29 is 24.5 Å². The van der Waals surface area contributed by atoms with Crippen molar-refractivity contribution in [2.75, 3.05) is 6.61 Å². The molecular weight excluding hydrogens is 401 g/mol. The Bertz CT molecular complexity index is 552. The summed E-state index contributed by atoms with van der Waals surface area (Å²) in [5, 5.41) is 22.9. The third-order valence-corrected chi connectivity index (χ3v) is 6.81. The Balaban J connectivity index is 2.00. The van der Waals surface area contributed by atoms with Gasteiger partial charge in [0.1, 0.15) is 6.10 Å². The molecule has 2 saturated heterocycles. The molecule has 3 aliphatic rings. The summed E-state index contributed by atoms with van der Waals surface area (Å²) in [5.74, 6) is -1.58. The Kier molecular flexibility index (Phi) is 3.81. The zero-order chi connectivity index (χ0) is 16.2. The molecule has 3 N–H and O–H groups in total. The van der Waals surface area contributed by atoms with Gasteiger partial charge in [-0.2, -0.15) is 0 Å². The minimum atomic E-state index is -1.42. The predicted octanol–water partition coefficient (Wildman–Crippen LogP) is 0.444. The summed E-state index contributed by atoms with van der Waals surface area (Å²) in [5.41, 5.74) is -2.54. The number of hydrogen-bond acceptors (Lipinski definition) is 5. The molecule has 122 valence electrons. The second-order valence-electron chi connectivity index (χ2n) is 6.48. The number of aliphatic hydroxyl groups excluding tert-OH is 2. The highest BCUT2D eigenvalue weighted by molar-refractivity contribution is 14.1. The second-order valence-corrected chi connectivity index (χ2v) is 8.49. The minimum Gasteiger partial charge on any atom is -0.453 e. The molecule has 1 amide bonds. The van der Waals surface area contributed by atoms with Gasteiger partial charge in [0.05, 0.1) is 9.34 Å². The SMILES string of the molecule is C[C@@]12OC(=O)[C@]1([C@H](O)[C@]1(I)C=CCCC1)NC(=O)[C@@H]2CCO. The molecule has 0 aromatic rings. The van der Waals surface area contributed by atoms with Crippen LogP contribution in [0.5, 0.6) is 0 Å². The molecule has 3 rings (SSSR count). The van der Waals surface area contributed by atoms with E-state index in [0.29, 0.717) is 0 Å². The molecule has 0 bridgehead atoms. The van der Waals surface area contributed by atoms with Crippen molar-refractivity contribution in [1.29, 1.82) is 0 Å². The van der Waals surface area contributed by atoms with Crippen LogP contribution in [-0.4, -0.2) is 49.4 Å². The van der Waals surface area contributed by atoms with Crippen LogP contribution in [0.4, 0.5) is 0 Å². The Morgan fingerprint density at radius 3 is 2.82 bits per heavy atom. The zero-order valence-electron chi connectivity index (χ0n) is 12.3. The van der Waals surface area contributed by atoms with Crippen LogP contribution in [0.2, 0.25) is 0 Å². The van der Waals surface area contributed by atoms with Crippen molar-refractivity contribution >= 4 is 34.5 Å². The van der Waals surface area contributed by atoms with Crippen LogP contribution >= 0.6 is 22.6 Å². The van der Waals surface area contributed by atoms with E-state index in [1.165, 1.54) is 0 Å². The number of aliphatic hydroxyl groups is 2. The quantitative estimate of drug-likeness (QED) is 0.265. The van der Waals surface area contributed by atoms with Crippen LogP contribution in [-0.2, 0) is 14.3 Å². The van der Waals surface area contributed by atoms with Crippen molar-refractivity contribution in [2.45, 2.75) is 53.3 Å². The van der Waals surface area contributed by atoms with E-state index in [1.807, 2.05) is 12.2 Å². The van der Waals surface area contributed by atoms with Crippen molar-refractivity contribution in [3.05, 3.63) is 12.2 Å². The highest BCUT2D eigenvalue weighted by atomic mass is 127. The monoisotopic (exact) mass is 421 g/mol. The Morgan fingerprint density at radius 1 is 1.55 bits per heavy atom. The molecule has 0 radical (unpaired) electrons. The first-order chi connectivity index (χ1) is 10.3. The number of fused-ring (bicyclic) bond motifs is 1. The molecule has 0 spiro atoms. The topological polar surface area (TPSA) is 95.9 Å². The lowest BCUT2D eigenvalue weighted by Crippen LogP contribution is -2.81. The molecule has 7 heteroatoms. The number of amides is 1. The summed E-state index contributed by atoms with van der Waals surface area (Å²) in [6, 6.07) is 0. The zero-order valence-corrected chi connectivity index (χ0v) is 14.5. The molecule has 22 heavy (non-hydrogen) atoms. The van der Waals surface area contributed by atoms with Gasteiger partial charge in [0.2, 0.25) is 11.4 Å². The summed E-state index contributed by atoms with van der Waals surface area (Å²) in [7, 11) is 0. The molecule has 6 nitrogen and oxygen atoms in total. The van der Waals surface area contributed by atoms with Crippen molar-refractivity contribution in [3.8, 4) is 0 Å². The van der Waals surface area contributed by atoms with Gasteiger partial charge in [-0.05, 0) is 32.6 Å². The smallest absolute Gasteiger partial charge is 0.339 e. The normalized spacial score (nSPS) is 44.8. The molecule has 0 aromatic heterocycles. The maximum Gasteiger partial charge on any atom is 0.339 e. The number of allylic oxidation sites excluding steroid dienone is 1. The summed E-state index contributed by atoms with van der Waals surface area (Å²) in [6.07, 6.45) is 5.66. The molecule has 2 fully saturated rings. The summed E-state index contributed by atoms with van der Waals surface area (Å²) in [4.78, 5) is 24.6. The van der Waals surface area contributed by atoms with E-state index in [2.05, 4.69) is 27.9 Å². The first-order valence-corrected chi connectivity index (χ1v) is 8.61. The number of esters is 1.